The van der Waals surface area contributed by atoms with Crippen molar-refractivity contribution in [2.24, 2.45) is 0 Å². The minimum atomic E-state index is -4.67. The molecule has 0 bridgehead atoms. The minimum absolute atomic E-state index is 0. The fourth-order valence-electron chi connectivity index (χ4n) is 0.224. The van der Waals surface area contributed by atoms with E-state index >= 15 is 0 Å². The summed E-state index contributed by atoms with van der Waals surface area (Å²) in [5.74, 6) is 0. The zero-order chi connectivity index (χ0) is 11.1. The Morgan fingerprint density at radius 1 is 1.07 bits per heavy atom. The molecule has 0 spiro atoms. The van der Waals surface area contributed by atoms with Gasteiger partial charge in [-0.2, -0.15) is 8.42 Å². The van der Waals surface area contributed by atoms with Crippen LogP contribution >= 0.6 is 7.82 Å². The second kappa shape index (κ2) is 9.22. The Morgan fingerprint density at radius 3 is 1.21 bits per heavy atom. The first-order valence-electron chi connectivity index (χ1n) is 2.65. The first kappa shape index (κ1) is 20.4. The van der Waals surface area contributed by atoms with Crippen molar-refractivity contribution >= 4 is 18.2 Å². The molecule has 8 nitrogen and oxygen atoms in total. The van der Waals surface area contributed by atoms with E-state index in [0.717, 1.165) is 0 Å². The van der Waals surface area contributed by atoms with Gasteiger partial charge in [0.05, 0.1) is 0 Å². The van der Waals surface area contributed by atoms with E-state index in [2.05, 4.69) is 13.6 Å². The predicted octanol–water partition coefficient (Wildman–Crippen LogP) is -2.50. The van der Waals surface area contributed by atoms with Crippen molar-refractivity contribution in [3.05, 3.63) is 0 Å². The maximum atomic E-state index is 10.7. The molecule has 84 valence electrons. The fraction of sp³-hybridized carbons (Fsp3) is 1.00. The van der Waals surface area contributed by atoms with Gasteiger partial charge in [-0.15, -0.1) is 0 Å². The molecule has 0 atom stereocenters. The molecule has 0 radical (unpaired) electrons. The molecular weight excluding hydrogens is 250 g/mol. The summed E-state index contributed by atoms with van der Waals surface area (Å²) in [6, 6.07) is 0. The van der Waals surface area contributed by atoms with E-state index < -0.39 is 18.2 Å². The van der Waals surface area contributed by atoms with Gasteiger partial charge >= 0.3 is 47.8 Å². The number of rotatable bonds is 3. The average Bonchev–Trinajstić information content (AvgIpc) is 2.00. The molecule has 0 aromatic heterocycles. The summed E-state index contributed by atoms with van der Waals surface area (Å²) in [7, 11) is -4.06. The van der Waals surface area contributed by atoms with Crippen molar-refractivity contribution in [2.45, 2.75) is 0 Å². The van der Waals surface area contributed by atoms with E-state index in [1.807, 2.05) is 0 Å². The summed E-state index contributed by atoms with van der Waals surface area (Å²) in [5.41, 5.74) is 0. The molecule has 0 heterocycles. The van der Waals surface area contributed by atoms with Crippen LogP contribution in [0.15, 0.2) is 0 Å². The molecule has 0 aromatic rings. The number of phosphoric acid groups is 1. The first-order chi connectivity index (χ1) is 5.68. The van der Waals surface area contributed by atoms with Gasteiger partial charge in [-0.25, -0.2) is 4.57 Å². The molecule has 0 amide bonds. The Labute approximate surface area is 106 Å². The van der Waals surface area contributed by atoms with E-state index in [0.29, 0.717) is 0 Å². The van der Waals surface area contributed by atoms with Crippen LogP contribution in [0.3, 0.4) is 0 Å². The van der Waals surface area contributed by atoms with Crippen LogP contribution in [0.25, 0.3) is 0 Å². The second-order valence-electron chi connectivity index (χ2n) is 1.44. The maximum Gasteiger partial charge on any atom is 1.00 e. The van der Waals surface area contributed by atoms with Crippen LogP contribution in [0.2, 0.25) is 0 Å². The number of hydrogen-bond donors (Lipinski definition) is 2. The Morgan fingerprint density at radius 2 is 1.21 bits per heavy atom. The third kappa shape index (κ3) is 18.7. The molecule has 0 saturated heterocycles. The number of hydrogen-bond acceptors (Lipinski definition) is 6. The first-order valence-corrected chi connectivity index (χ1v) is 5.51. The van der Waals surface area contributed by atoms with Gasteiger partial charge < -0.3 is 1.43 Å². The van der Waals surface area contributed by atoms with Crippen LogP contribution in [0.4, 0.5) is 0 Å². The average molecular weight is 262 g/mol. The Kier molecular flexibility index (Phi) is 13.4. The molecular formula is C3H12NaO8PS. The summed E-state index contributed by atoms with van der Waals surface area (Å²) in [6.45, 7) is 0. The third-order valence-corrected chi connectivity index (χ3v) is 2.01. The Bertz CT molecular complexity index is 240. The van der Waals surface area contributed by atoms with E-state index in [1.165, 1.54) is 21.3 Å². The molecule has 0 unspecified atom stereocenters. The van der Waals surface area contributed by atoms with E-state index in [9.17, 15) is 4.57 Å². The SMILES string of the molecule is COP(=O)(OC)OC.O=S(=O)(O)O.[H-].[Na+]. The molecule has 0 aliphatic heterocycles. The van der Waals surface area contributed by atoms with Crippen LogP contribution in [0.1, 0.15) is 1.43 Å². The zero-order valence-electron chi connectivity index (χ0n) is 9.20. The Hall–Kier alpha value is 0.980. The molecule has 11 heteroatoms. The normalized spacial score (nSPS) is 10.9. The summed E-state index contributed by atoms with van der Waals surface area (Å²) in [4.78, 5) is 0. The van der Waals surface area contributed by atoms with Gasteiger partial charge in [0.1, 0.15) is 0 Å². The van der Waals surface area contributed by atoms with E-state index in [-0.39, 0.29) is 31.0 Å². The maximum absolute atomic E-state index is 10.7. The molecule has 0 rings (SSSR count). The monoisotopic (exact) mass is 262 g/mol. The third-order valence-electron chi connectivity index (χ3n) is 0.671. The second-order valence-corrected chi connectivity index (χ2v) is 4.33. The van der Waals surface area contributed by atoms with E-state index in [1.54, 1.807) is 0 Å². The summed E-state index contributed by atoms with van der Waals surface area (Å²) >= 11 is 0. The van der Waals surface area contributed by atoms with Crippen LogP contribution in [0, 0.1) is 0 Å². The molecule has 0 aliphatic carbocycles. The van der Waals surface area contributed by atoms with Crippen molar-refractivity contribution in [1.29, 1.82) is 0 Å². The van der Waals surface area contributed by atoms with Crippen molar-refractivity contribution in [1.82, 2.24) is 0 Å². The van der Waals surface area contributed by atoms with Gasteiger partial charge in [0.15, 0.2) is 0 Å². The van der Waals surface area contributed by atoms with Crippen LogP contribution in [-0.4, -0.2) is 38.9 Å². The van der Waals surface area contributed by atoms with Crippen molar-refractivity contribution in [3.63, 3.8) is 0 Å². The largest absolute Gasteiger partial charge is 1.00 e. The van der Waals surface area contributed by atoms with Crippen molar-refractivity contribution in [3.8, 4) is 0 Å². The van der Waals surface area contributed by atoms with Crippen molar-refractivity contribution < 1.29 is 66.6 Å². The standard InChI is InChI=1S/C3H9O4P.Na.H2O4S.H/c1-5-8(4,6-2)7-3;;1-5(2,3)4;/h1-3H3;;(H2,1,2,3,4);/q;+1;;-1. The van der Waals surface area contributed by atoms with Gasteiger partial charge in [0.2, 0.25) is 0 Å². The molecule has 0 aliphatic rings. The van der Waals surface area contributed by atoms with Crippen LogP contribution in [-0.2, 0) is 28.5 Å². The van der Waals surface area contributed by atoms with Gasteiger partial charge in [0.25, 0.3) is 0 Å². The van der Waals surface area contributed by atoms with Gasteiger partial charge in [-0.3, -0.25) is 22.7 Å². The quantitative estimate of drug-likeness (QED) is 0.325. The van der Waals surface area contributed by atoms with Gasteiger partial charge in [-0.05, 0) is 0 Å². The summed E-state index contributed by atoms with van der Waals surface area (Å²) in [5, 5.41) is 0. The Balaban J connectivity index is -0.0000000770. The van der Waals surface area contributed by atoms with Gasteiger partial charge in [-0.1, -0.05) is 0 Å². The van der Waals surface area contributed by atoms with Crippen LogP contribution < -0.4 is 29.6 Å². The molecule has 0 fully saturated rings. The molecule has 14 heavy (non-hydrogen) atoms. The molecule has 0 saturated carbocycles. The number of phosphoric ester groups is 1. The zero-order valence-corrected chi connectivity index (χ0v) is 11.9. The van der Waals surface area contributed by atoms with Crippen molar-refractivity contribution in [2.75, 3.05) is 21.3 Å². The molecule has 2 N–H and O–H groups in total. The summed E-state index contributed by atoms with van der Waals surface area (Å²) < 4.78 is 55.3. The summed E-state index contributed by atoms with van der Waals surface area (Å²) in [6.07, 6.45) is 0. The fourth-order valence-corrected chi connectivity index (χ4v) is 0.671. The van der Waals surface area contributed by atoms with E-state index in [4.69, 9.17) is 17.5 Å². The van der Waals surface area contributed by atoms with Gasteiger partial charge in [0, 0.05) is 21.3 Å². The smallest absolute Gasteiger partial charge is 1.00 e. The van der Waals surface area contributed by atoms with Crippen LogP contribution in [0.5, 0.6) is 0 Å². The molecule has 0 aromatic carbocycles. The predicted molar refractivity (Wildman–Crippen MR) is 43.9 cm³/mol. The minimum Gasteiger partial charge on any atom is -1.00 e. The topological polar surface area (TPSA) is 119 Å².